The number of rotatable bonds is 3. The van der Waals surface area contributed by atoms with Gasteiger partial charge in [0.1, 0.15) is 0 Å². The Balaban J connectivity index is 2.91. The molecular weight excluding hydrogens is 234 g/mol. The summed E-state index contributed by atoms with van der Waals surface area (Å²) in [6, 6.07) is 5.29. The van der Waals surface area contributed by atoms with E-state index in [-0.39, 0.29) is 6.61 Å². The Hall–Kier alpha value is -0.580. The molecule has 0 radical (unpaired) electrons. The van der Waals surface area contributed by atoms with E-state index in [2.05, 4.69) is 15.9 Å². The molecule has 0 aliphatic heterocycles. The normalized spacial score (nSPS) is 12.8. The van der Waals surface area contributed by atoms with Gasteiger partial charge in [0, 0.05) is 28.8 Å². The Kier molecular flexibility index (Phi) is 3.71. The topological polar surface area (TPSA) is 66.5 Å². The first-order valence-corrected chi connectivity index (χ1v) is 4.78. The summed E-state index contributed by atoms with van der Waals surface area (Å²) in [7, 11) is 0. The van der Waals surface area contributed by atoms with Crippen molar-refractivity contribution in [2.24, 2.45) is 0 Å². The van der Waals surface area contributed by atoms with Crippen molar-refractivity contribution in [3.8, 4) is 0 Å². The second-order valence-corrected chi connectivity index (χ2v) is 3.72. The van der Waals surface area contributed by atoms with Crippen molar-refractivity contribution in [3.63, 3.8) is 0 Å². The molecule has 0 saturated heterocycles. The highest BCUT2D eigenvalue weighted by atomic mass is 79.9. The summed E-state index contributed by atoms with van der Waals surface area (Å²) in [5, 5.41) is 18.2. The maximum Gasteiger partial charge on any atom is 0.0832 e. The second kappa shape index (κ2) is 4.60. The van der Waals surface area contributed by atoms with Crippen LogP contribution in [0.25, 0.3) is 0 Å². The van der Waals surface area contributed by atoms with Gasteiger partial charge in [0.25, 0.3) is 0 Å². The van der Waals surface area contributed by atoms with Crippen molar-refractivity contribution < 1.29 is 10.2 Å². The Bertz CT molecular complexity index is 291. The maximum absolute atomic E-state index is 9.56. The molecule has 0 aliphatic rings. The van der Waals surface area contributed by atoms with E-state index < -0.39 is 6.10 Å². The number of aliphatic hydroxyl groups is 2. The highest BCUT2D eigenvalue weighted by Gasteiger charge is 2.10. The quantitative estimate of drug-likeness (QED) is 0.707. The van der Waals surface area contributed by atoms with Gasteiger partial charge in [-0.05, 0) is 18.2 Å². The number of hydrogen-bond acceptors (Lipinski definition) is 3. The fourth-order valence-electron chi connectivity index (χ4n) is 1.11. The summed E-state index contributed by atoms with van der Waals surface area (Å²) >= 11 is 3.29. The van der Waals surface area contributed by atoms with Crippen LogP contribution in [0.15, 0.2) is 22.7 Å². The minimum Gasteiger partial charge on any atom is -0.398 e. The van der Waals surface area contributed by atoms with Crippen molar-refractivity contribution in [1.82, 2.24) is 0 Å². The summed E-state index contributed by atoms with van der Waals surface area (Å²) in [6.45, 7) is -0.0485. The lowest BCUT2D eigenvalue weighted by atomic mass is 10.1. The lowest BCUT2D eigenvalue weighted by Crippen LogP contribution is -2.03. The molecule has 1 unspecified atom stereocenters. The van der Waals surface area contributed by atoms with Crippen LogP contribution in [-0.4, -0.2) is 16.8 Å². The van der Waals surface area contributed by atoms with Crippen LogP contribution in [0.4, 0.5) is 5.69 Å². The van der Waals surface area contributed by atoms with Gasteiger partial charge in [-0.25, -0.2) is 0 Å². The van der Waals surface area contributed by atoms with Crippen molar-refractivity contribution in [2.75, 3.05) is 12.3 Å². The lowest BCUT2D eigenvalue weighted by Gasteiger charge is -2.12. The number of anilines is 1. The van der Waals surface area contributed by atoms with Crippen molar-refractivity contribution >= 4 is 21.6 Å². The highest BCUT2D eigenvalue weighted by Crippen LogP contribution is 2.26. The zero-order chi connectivity index (χ0) is 9.84. The summed E-state index contributed by atoms with van der Waals surface area (Å²) in [6.07, 6.45) is -0.386. The number of halogens is 1. The molecule has 4 N–H and O–H groups in total. The van der Waals surface area contributed by atoms with Crippen LogP contribution in [0.1, 0.15) is 18.1 Å². The molecule has 0 fully saturated rings. The van der Waals surface area contributed by atoms with Gasteiger partial charge in [-0.15, -0.1) is 0 Å². The zero-order valence-electron chi connectivity index (χ0n) is 7.07. The van der Waals surface area contributed by atoms with E-state index in [1.807, 2.05) is 6.07 Å². The second-order valence-electron chi connectivity index (χ2n) is 2.80. The molecule has 1 aromatic rings. The third kappa shape index (κ3) is 2.69. The first-order chi connectivity index (χ1) is 6.15. The smallest absolute Gasteiger partial charge is 0.0832 e. The van der Waals surface area contributed by atoms with E-state index in [4.69, 9.17) is 10.8 Å². The monoisotopic (exact) mass is 245 g/mol. The molecule has 0 aliphatic carbocycles. The van der Waals surface area contributed by atoms with Gasteiger partial charge in [0.05, 0.1) is 6.10 Å². The summed E-state index contributed by atoms with van der Waals surface area (Å²) in [4.78, 5) is 0. The molecule has 13 heavy (non-hydrogen) atoms. The molecule has 0 bridgehead atoms. The molecule has 0 heterocycles. The molecule has 0 saturated carbocycles. The minimum absolute atomic E-state index is 0.0485. The molecule has 4 heteroatoms. The van der Waals surface area contributed by atoms with Gasteiger partial charge in [-0.3, -0.25) is 0 Å². The fraction of sp³-hybridized carbons (Fsp3) is 0.333. The molecule has 0 aromatic heterocycles. The number of nitrogens with two attached hydrogens (primary N) is 1. The van der Waals surface area contributed by atoms with Gasteiger partial charge in [0.2, 0.25) is 0 Å². The van der Waals surface area contributed by atoms with Gasteiger partial charge < -0.3 is 15.9 Å². The Morgan fingerprint density at radius 2 is 2.15 bits per heavy atom. The van der Waals surface area contributed by atoms with Crippen LogP contribution >= 0.6 is 15.9 Å². The summed E-state index contributed by atoms with van der Waals surface area (Å²) in [5.74, 6) is 0. The third-order valence-corrected chi connectivity index (χ3v) is 2.30. The predicted molar refractivity (Wildman–Crippen MR) is 55.2 cm³/mol. The first-order valence-electron chi connectivity index (χ1n) is 3.99. The highest BCUT2D eigenvalue weighted by molar-refractivity contribution is 9.10. The molecule has 1 aromatic carbocycles. The number of nitrogen functional groups attached to an aromatic ring is 1. The van der Waals surface area contributed by atoms with Gasteiger partial charge in [0.15, 0.2) is 0 Å². The van der Waals surface area contributed by atoms with E-state index in [0.717, 1.165) is 4.47 Å². The number of benzene rings is 1. The van der Waals surface area contributed by atoms with Crippen LogP contribution in [0.3, 0.4) is 0 Å². The SMILES string of the molecule is Nc1ccc(Br)cc1C(O)CCO. The van der Waals surface area contributed by atoms with E-state index >= 15 is 0 Å². The minimum atomic E-state index is -0.692. The van der Waals surface area contributed by atoms with E-state index in [0.29, 0.717) is 17.7 Å². The molecule has 1 rings (SSSR count). The fourth-order valence-corrected chi connectivity index (χ4v) is 1.49. The zero-order valence-corrected chi connectivity index (χ0v) is 8.66. The summed E-state index contributed by atoms with van der Waals surface area (Å²) < 4.78 is 0.869. The van der Waals surface area contributed by atoms with Crippen LogP contribution < -0.4 is 5.73 Å². The molecule has 0 spiro atoms. The molecular formula is C9H12BrNO2. The lowest BCUT2D eigenvalue weighted by molar-refractivity contribution is 0.135. The van der Waals surface area contributed by atoms with Crippen molar-refractivity contribution in [1.29, 1.82) is 0 Å². The standard InChI is InChI=1S/C9H12BrNO2/c10-6-1-2-8(11)7(5-6)9(13)3-4-12/h1-2,5,9,12-13H,3-4,11H2. The molecule has 72 valence electrons. The first kappa shape index (κ1) is 10.5. The van der Waals surface area contributed by atoms with Crippen LogP contribution in [0.5, 0.6) is 0 Å². The van der Waals surface area contributed by atoms with Gasteiger partial charge in [-0.1, -0.05) is 15.9 Å². The van der Waals surface area contributed by atoms with E-state index in [9.17, 15) is 5.11 Å². The van der Waals surface area contributed by atoms with Crippen molar-refractivity contribution in [2.45, 2.75) is 12.5 Å². The predicted octanol–water partition coefficient (Wildman–Crippen LogP) is 1.45. The number of aliphatic hydroxyl groups excluding tert-OH is 2. The van der Waals surface area contributed by atoms with E-state index in [1.54, 1.807) is 12.1 Å². The Morgan fingerprint density at radius 1 is 1.46 bits per heavy atom. The number of hydrogen-bond donors (Lipinski definition) is 3. The molecule has 0 amide bonds. The average Bonchev–Trinajstić information content (AvgIpc) is 2.09. The van der Waals surface area contributed by atoms with Gasteiger partial charge >= 0.3 is 0 Å². The van der Waals surface area contributed by atoms with Crippen LogP contribution in [0, 0.1) is 0 Å². The molecule has 1 atom stereocenters. The Labute approximate surface area is 85.3 Å². The third-order valence-electron chi connectivity index (χ3n) is 1.81. The summed E-state index contributed by atoms with van der Waals surface area (Å²) in [5.41, 5.74) is 6.86. The Morgan fingerprint density at radius 3 is 2.77 bits per heavy atom. The largest absolute Gasteiger partial charge is 0.398 e. The van der Waals surface area contributed by atoms with Crippen molar-refractivity contribution in [3.05, 3.63) is 28.2 Å². The average molecular weight is 246 g/mol. The van der Waals surface area contributed by atoms with Crippen LogP contribution in [0.2, 0.25) is 0 Å². The van der Waals surface area contributed by atoms with Crippen LogP contribution in [-0.2, 0) is 0 Å². The maximum atomic E-state index is 9.56. The van der Waals surface area contributed by atoms with E-state index in [1.165, 1.54) is 0 Å². The van der Waals surface area contributed by atoms with Gasteiger partial charge in [-0.2, -0.15) is 0 Å². The molecule has 3 nitrogen and oxygen atoms in total.